The third-order valence-corrected chi connectivity index (χ3v) is 4.17. The molecule has 0 radical (unpaired) electrons. The van der Waals surface area contributed by atoms with Gasteiger partial charge in [-0.15, -0.1) is 11.3 Å². The van der Waals surface area contributed by atoms with Gasteiger partial charge in [-0.25, -0.2) is 8.42 Å². The van der Waals surface area contributed by atoms with Gasteiger partial charge < -0.3 is 5.21 Å². The maximum Gasteiger partial charge on any atom is 0.271 e. The van der Waals surface area contributed by atoms with E-state index in [1.54, 1.807) is 6.07 Å². The first kappa shape index (κ1) is 9.14. The highest BCUT2D eigenvalue weighted by Crippen LogP contribution is 2.25. The van der Waals surface area contributed by atoms with Crippen molar-refractivity contribution in [2.24, 2.45) is 0 Å². The Morgan fingerprint density at radius 2 is 2.18 bits per heavy atom. The number of hydrogen-bond donors (Lipinski definition) is 2. The molecule has 11 heavy (non-hydrogen) atoms. The van der Waals surface area contributed by atoms with Crippen molar-refractivity contribution >= 4 is 37.3 Å². The Bertz CT molecular complexity index is 344. The number of rotatable bonds is 2. The molecule has 1 aromatic heterocycles. The Kier molecular flexibility index (Phi) is 2.66. The third kappa shape index (κ3) is 2.00. The van der Waals surface area contributed by atoms with Gasteiger partial charge in [0.15, 0.2) is 0 Å². The second kappa shape index (κ2) is 3.20. The molecule has 0 saturated heterocycles. The minimum Gasteiger partial charge on any atom is -0.302 e. The van der Waals surface area contributed by atoms with Gasteiger partial charge in [-0.3, -0.25) is 0 Å². The molecule has 0 bridgehead atoms. The van der Waals surface area contributed by atoms with Gasteiger partial charge in [-0.1, -0.05) is 4.89 Å². The van der Waals surface area contributed by atoms with Gasteiger partial charge in [0.2, 0.25) is 0 Å². The van der Waals surface area contributed by atoms with Gasteiger partial charge >= 0.3 is 0 Å². The molecule has 0 amide bonds. The highest BCUT2D eigenvalue weighted by Gasteiger charge is 2.14. The van der Waals surface area contributed by atoms with Crippen molar-refractivity contribution in [2.75, 3.05) is 0 Å². The van der Waals surface area contributed by atoms with Gasteiger partial charge in [-0.2, -0.15) is 0 Å². The van der Waals surface area contributed by atoms with Crippen LogP contribution in [-0.2, 0) is 10.0 Å². The van der Waals surface area contributed by atoms with E-state index in [1.807, 2.05) is 0 Å². The van der Waals surface area contributed by atoms with Crippen LogP contribution in [0.3, 0.4) is 0 Å². The summed E-state index contributed by atoms with van der Waals surface area (Å²) in [5, 5.41) is 8.21. The van der Waals surface area contributed by atoms with Crippen molar-refractivity contribution in [1.29, 1.82) is 0 Å². The van der Waals surface area contributed by atoms with Crippen LogP contribution >= 0.6 is 27.3 Å². The lowest BCUT2D eigenvalue weighted by atomic mass is 10.7. The van der Waals surface area contributed by atoms with E-state index in [9.17, 15) is 8.42 Å². The van der Waals surface area contributed by atoms with Crippen molar-refractivity contribution in [3.05, 3.63) is 15.9 Å². The molecular weight excluding hydrogens is 254 g/mol. The van der Waals surface area contributed by atoms with Crippen LogP contribution in [0, 0.1) is 0 Å². The van der Waals surface area contributed by atoms with E-state index in [1.165, 1.54) is 11.0 Å². The minimum atomic E-state index is -3.68. The van der Waals surface area contributed by atoms with Gasteiger partial charge in [0.25, 0.3) is 10.0 Å². The molecule has 1 heterocycles. The lowest BCUT2D eigenvalue weighted by Gasteiger charge is -1.93. The Balaban J connectivity index is 3.13. The first-order valence-electron chi connectivity index (χ1n) is 2.47. The highest BCUT2D eigenvalue weighted by atomic mass is 79.9. The normalized spacial score (nSPS) is 11.8. The summed E-state index contributed by atoms with van der Waals surface area (Å²) in [5.74, 6) is 0. The van der Waals surface area contributed by atoms with E-state index in [0.717, 1.165) is 11.3 Å². The summed E-state index contributed by atoms with van der Waals surface area (Å²) in [6.07, 6.45) is 0. The average Bonchev–Trinajstić information content (AvgIpc) is 2.36. The van der Waals surface area contributed by atoms with Crippen molar-refractivity contribution in [2.45, 2.75) is 4.21 Å². The van der Waals surface area contributed by atoms with Crippen LogP contribution in [-0.4, -0.2) is 13.6 Å². The van der Waals surface area contributed by atoms with Gasteiger partial charge in [-0.05, 0) is 28.1 Å². The second-order valence-electron chi connectivity index (χ2n) is 1.65. The summed E-state index contributed by atoms with van der Waals surface area (Å²) in [5.41, 5.74) is 0. The Labute approximate surface area is 76.0 Å². The van der Waals surface area contributed by atoms with Crippen molar-refractivity contribution in [3.8, 4) is 0 Å². The number of halogens is 1. The van der Waals surface area contributed by atoms with Gasteiger partial charge in [0.05, 0.1) is 3.79 Å². The van der Waals surface area contributed by atoms with Crippen LogP contribution in [0.2, 0.25) is 0 Å². The summed E-state index contributed by atoms with van der Waals surface area (Å²) in [7, 11) is -3.68. The fourth-order valence-electron chi connectivity index (χ4n) is 0.487. The molecule has 0 saturated carbocycles. The van der Waals surface area contributed by atoms with E-state index >= 15 is 0 Å². The van der Waals surface area contributed by atoms with E-state index in [4.69, 9.17) is 5.21 Å². The highest BCUT2D eigenvalue weighted by molar-refractivity contribution is 9.11. The van der Waals surface area contributed by atoms with Crippen LogP contribution in [0.4, 0.5) is 0 Å². The zero-order chi connectivity index (χ0) is 8.48. The predicted octanol–water partition coefficient (Wildman–Crippen LogP) is 1.18. The van der Waals surface area contributed by atoms with Crippen LogP contribution in [0.25, 0.3) is 0 Å². The molecule has 0 atom stereocenters. The molecule has 0 aliphatic rings. The summed E-state index contributed by atoms with van der Waals surface area (Å²) >= 11 is 4.12. The number of thiophene rings is 1. The lowest BCUT2D eigenvalue weighted by molar-refractivity contribution is 0.243. The van der Waals surface area contributed by atoms with E-state index in [0.29, 0.717) is 3.79 Å². The van der Waals surface area contributed by atoms with Crippen molar-refractivity contribution in [3.63, 3.8) is 0 Å². The molecule has 0 fully saturated rings. The Hall–Kier alpha value is 0.0500. The molecule has 62 valence electrons. The zero-order valence-electron chi connectivity index (χ0n) is 5.11. The zero-order valence-corrected chi connectivity index (χ0v) is 8.33. The Morgan fingerprint density at radius 3 is 2.55 bits per heavy atom. The standard InChI is InChI=1S/C4H4BrNO3S2/c5-3-1-2-4(10-3)11(8,9)6-7/h1-2,6-7H. The summed E-state index contributed by atoms with van der Waals surface area (Å²) in [6, 6.07) is 2.99. The van der Waals surface area contributed by atoms with Crippen LogP contribution in [0.5, 0.6) is 0 Å². The molecule has 0 aliphatic heterocycles. The molecule has 0 spiro atoms. The first-order chi connectivity index (χ1) is 5.06. The quantitative estimate of drug-likeness (QED) is 0.783. The van der Waals surface area contributed by atoms with E-state index < -0.39 is 10.0 Å². The first-order valence-corrected chi connectivity index (χ1v) is 5.57. The van der Waals surface area contributed by atoms with Crippen LogP contribution in [0.15, 0.2) is 20.1 Å². The number of hydrogen-bond acceptors (Lipinski definition) is 4. The fourth-order valence-corrected chi connectivity index (χ4v) is 3.09. The number of nitrogens with one attached hydrogen (secondary N) is 1. The van der Waals surface area contributed by atoms with Crippen molar-refractivity contribution in [1.82, 2.24) is 4.89 Å². The molecule has 0 unspecified atom stereocenters. The molecule has 1 rings (SSSR count). The van der Waals surface area contributed by atoms with Gasteiger partial charge in [0.1, 0.15) is 4.21 Å². The summed E-state index contributed by atoms with van der Waals surface area (Å²) in [6.45, 7) is 0. The smallest absolute Gasteiger partial charge is 0.271 e. The van der Waals surface area contributed by atoms with Crippen LogP contribution < -0.4 is 4.89 Å². The minimum absolute atomic E-state index is 0.0758. The monoisotopic (exact) mass is 257 g/mol. The van der Waals surface area contributed by atoms with Gasteiger partial charge in [0, 0.05) is 0 Å². The van der Waals surface area contributed by atoms with Crippen LogP contribution in [0.1, 0.15) is 0 Å². The molecule has 4 nitrogen and oxygen atoms in total. The fraction of sp³-hybridized carbons (Fsp3) is 0. The molecule has 2 N–H and O–H groups in total. The number of sulfonamides is 1. The molecule has 7 heteroatoms. The molecular formula is C4H4BrNO3S2. The second-order valence-corrected chi connectivity index (χ2v) is 6.00. The molecule has 1 aromatic rings. The Morgan fingerprint density at radius 1 is 1.55 bits per heavy atom. The van der Waals surface area contributed by atoms with Crippen molar-refractivity contribution < 1.29 is 13.6 Å². The molecule has 0 aliphatic carbocycles. The summed E-state index contributed by atoms with van der Waals surface area (Å²) in [4.78, 5) is 1.23. The topological polar surface area (TPSA) is 66.4 Å². The SMILES string of the molecule is O=S(=O)(NO)c1ccc(Br)s1. The maximum atomic E-state index is 10.8. The largest absolute Gasteiger partial charge is 0.302 e. The molecule has 0 aromatic carbocycles. The third-order valence-electron chi connectivity index (χ3n) is 0.934. The van der Waals surface area contributed by atoms with E-state index in [2.05, 4.69) is 15.9 Å². The lowest BCUT2D eigenvalue weighted by Crippen LogP contribution is -2.17. The average molecular weight is 258 g/mol. The predicted molar refractivity (Wildman–Crippen MR) is 44.1 cm³/mol. The maximum absolute atomic E-state index is 10.8. The summed E-state index contributed by atoms with van der Waals surface area (Å²) < 4.78 is 22.5. The van der Waals surface area contributed by atoms with E-state index in [-0.39, 0.29) is 4.21 Å².